The molecule has 0 bridgehead atoms. The number of fused-ring (bicyclic) bond motifs is 1. The highest BCUT2D eigenvalue weighted by Gasteiger charge is 2.41. The van der Waals surface area contributed by atoms with E-state index in [1.54, 1.807) is 30.8 Å². The summed E-state index contributed by atoms with van der Waals surface area (Å²) in [6.45, 7) is 10.6. The van der Waals surface area contributed by atoms with Crippen LogP contribution in [0.15, 0.2) is 47.4 Å². The minimum atomic E-state index is -0.891. The van der Waals surface area contributed by atoms with Crippen LogP contribution in [0.2, 0.25) is 0 Å². The van der Waals surface area contributed by atoms with Crippen molar-refractivity contribution in [2.75, 3.05) is 18.8 Å². The van der Waals surface area contributed by atoms with Crippen molar-refractivity contribution in [3.05, 3.63) is 59.2 Å². The number of benzene rings is 2. The summed E-state index contributed by atoms with van der Waals surface area (Å²) in [5.74, 6) is 1.29. The number of thioether (sulfide) groups is 1. The van der Waals surface area contributed by atoms with Crippen LogP contribution in [0.4, 0.5) is 0 Å². The van der Waals surface area contributed by atoms with Crippen LogP contribution in [0.5, 0.6) is 5.75 Å². The first-order valence-electron chi connectivity index (χ1n) is 14.9. The molecule has 0 unspecified atom stereocenters. The van der Waals surface area contributed by atoms with Crippen LogP contribution in [-0.2, 0) is 4.79 Å². The fourth-order valence-corrected chi connectivity index (χ4v) is 7.40. The van der Waals surface area contributed by atoms with Crippen LogP contribution in [0.3, 0.4) is 0 Å². The number of rotatable bonds is 9. The first kappa shape index (κ1) is 31.4. The lowest BCUT2D eigenvalue weighted by Crippen LogP contribution is -2.60. The summed E-state index contributed by atoms with van der Waals surface area (Å²) in [5, 5.41) is 28.2. The summed E-state index contributed by atoms with van der Waals surface area (Å²) in [6.07, 6.45) is 4.66. The number of hydrogen-bond donors (Lipinski definition) is 4. The van der Waals surface area contributed by atoms with E-state index in [4.69, 9.17) is 0 Å². The first-order valence-corrected chi connectivity index (χ1v) is 15.9. The SMILES string of the molecule is Cc1ccc(O)c(C)c1C(=O)N[C@H](CSc1ccccc1)[C@@H](O)CN1C[C@H]2CCCC[C@H]2C[C@H]1C(=O)NC(C)(C)C. The van der Waals surface area contributed by atoms with Gasteiger partial charge in [-0.15, -0.1) is 11.8 Å². The van der Waals surface area contributed by atoms with Crippen LogP contribution in [0.1, 0.15) is 74.4 Å². The molecular formula is C33H47N3O4S. The molecule has 7 nitrogen and oxygen atoms in total. The van der Waals surface area contributed by atoms with E-state index in [2.05, 4.69) is 15.5 Å². The van der Waals surface area contributed by atoms with Crippen molar-refractivity contribution in [1.29, 1.82) is 0 Å². The molecule has 1 aliphatic carbocycles. The second-order valence-corrected chi connectivity index (χ2v) is 14.0. The minimum absolute atomic E-state index is 0.0129. The number of aliphatic hydroxyl groups is 1. The predicted molar refractivity (Wildman–Crippen MR) is 165 cm³/mol. The van der Waals surface area contributed by atoms with Crippen molar-refractivity contribution < 1.29 is 19.8 Å². The number of phenols is 1. The minimum Gasteiger partial charge on any atom is -0.508 e. The topological polar surface area (TPSA) is 102 Å². The van der Waals surface area contributed by atoms with Crippen LogP contribution in [-0.4, -0.2) is 69.5 Å². The van der Waals surface area contributed by atoms with Gasteiger partial charge in [-0.1, -0.05) is 43.5 Å². The van der Waals surface area contributed by atoms with Crippen molar-refractivity contribution in [1.82, 2.24) is 15.5 Å². The van der Waals surface area contributed by atoms with Gasteiger partial charge >= 0.3 is 0 Å². The molecule has 5 atom stereocenters. The number of aromatic hydroxyl groups is 1. The second-order valence-electron chi connectivity index (χ2n) is 12.9. The molecule has 1 heterocycles. The Labute approximate surface area is 249 Å². The summed E-state index contributed by atoms with van der Waals surface area (Å²) >= 11 is 1.58. The van der Waals surface area contributed by atoms with Gasteiger partial charge in [0.25, 0.3) is 5.91 Å². The number of piperidine rings is 1. The van der Waals surface area contributed by atoms with Crippen LogP contribution >= 0.6 is 11.8 Å². The molecule has 2 amide bonds. The zero-order valence-corrected chi connectivity index (χ0v) is 26.0. The van der Waals surface area contributed by atoms with Gasteiger partial charge < -0.3 is 20.8 Å². The summed E-state index contributed by atoms with van der Waals surface area (Å²) in [5.41, 5.74) is 1.37. The van der Waals surface area contributed by atoms with Crippen molar-refractivity contribution in [2.24, 2.45) is 11.8 Å². The number of carbonyl (C=O) groups excluding carboxylic acids is 2. The number of phenolic OH excluding ortho intramolecular Hbond substituents is 1. The summed E-state index contributed by atoms with van der Waals surface area (Å²) in [7, 11) is 0. The molecule has 1 aliphatic heterocycles. The highest BCUT2D eigenvalue weighted by molar-refractivity contribution is 7.99. The fraction of sp³-hybridized carbons (Fsp3) is 0.576. The van der Waals surface area contributed by atoms with E-state index in [0.29, 0.717) is 35.3 Å². The Morgan fingerprint density at radius 2 is 1.73 bits per heavy atom. The number of nitrogens with zero attached hydrogens (tertiary/aromatic N) is 1. The number of likely N-dealkylation sites (tertiary alicyclic amines) is 1. The standard InChI is InChI=1S/C33H47N3O4S/c1-21-15-16-28(37)22(2)30(21)32(40)34-26(20-41-25-13-7-6-8-14-25)29(38)19-36-18-24-12-10-9-11-23(24)17-27(36)31(39)35-33(3,4)5/h6-8,13-16,23-24,26-27,29,37-38H,9-12,17-20H2,1-5H3,(H,34,40)(H,35,39)/t23-,24+,26+,27-,29-/m0/s1. The molecule has 0 radical (unpaired) electrons. The maximum Gasteiger partial charge on any atom is 0.252 e. The molecule has 41 heavy (non-hydrogen) atoms. The highest BCUT2D eigenvalue weighted by Crippen LogP contribution is 2.39. The third kappa shape index (κ3) is 8.27. The predicted octanol–water partition coefficient (Wildman–Crippen LogP) is 5.06. The van der Waals surface area contributed by atoms with Gasteiger partial charge in [-0.05, 0) is 83.1 Å². The zero-order chi connectivity index (χ0) is 29.7. The van der Waals surface area contributed by atoms with Gasteiger partial charge in [0.15, 0.2) is 0 Å². The molecule has 0 aromatic heterocycles. The summed E-state index contributed by atoms with van der Waals surface area (Å²) in [6, 6.07) is 12.4. The zero-order valence-electron chi connectivity index (χ0n) is 25.2. The number of nitrogens with one attached hydrogen (secondary N) is 2. The largest absolute Gasteiger partial charge is 0.508 e. The van der Waals surface area contributed by atoms with Crippen molar-refractivity contribution in [3.63, 3.8) is 0 Å². The van der Waals surface area contributed by atoms with Gasteiger partial charge in [-0.25, -0.2) is 0 Å². The lowest BCUT2D eigenvalue weighted by Gasteiger charge is -2.47. The van der Waals surface area contributed by atoms with Crippen molar-refractivity contribution in [3.8, 4) is 5.75 Å². The van der Waals surface area contributed by atoms with Gasteiger partial charge in [0.05, 0.1) is 18.2 Å². The Kier molecular flexibility index (Phi) is 10.4. The summed E-state index contributed by atoms with van der Waals surface area (Å²) in [4.78, 5) is 30.3. The lowest BCUT2D eigenvalue weighted by atomic mass is 9.72. The quantitative estimate of drug-likeness (QED) is 0.309. The lowest BCUT2D eigenvalue weighted by molar-refractivity contribution is -0.132. The van der Waals surface area contributed by atoms with E-state index in [1.165, 1.54) is 12.8 Å². The van der Waals surface area contributed by atoms with Crippen LogP contribution in [0.25, 0.3) is 0 Å². The second kappa shape index (κ2) is 13.6. The molecule has 4 rings (SSSR count). The molecule has 224 valence electrons. The number of β-amino-alcohol motifs (C(OH)–C–C–N with tert-alkyl or cyclic N) is 1. The molecule has 0 spiro atoms. The molecular weight excluding hydrogens is 534 g/mol. The monoisotopic (exact) mass is 581 g/mol. The number of amides is 2. The molecule has 1 saturated carbocycles. The maximum absolute atomic E-state index is 13.6. The van der Waals surface area contributed by atoms with E-state index >= 15 is 0 Å². The Hall–Kier alpha value is -2.55. The van der Waals surface area contributed by atoms with E-state index in [1.807, 2.05) is 58.0 Å². The van der Waals surface area contributed by atoms with E-state index in [0.717, 1.165) is 36.3 Å². The van der Waals surface area contributed by atoms with Gasteiger partial charge in [-0.3, -0.25) is 14.5 Å². The average Bonchev–Trinajstić information content (AvgIpc) is 2.92. The Morgan fingerprint density at radius 3 is 2.41 bits per heavy atom. The van der Waals surface area contributed by atoms with Crippen molar-refractivity contribution in [2.45, 2.75) is 95.3 Å². The Bertz CT molecular complexity index is 1200. The van der Waals surface area contributed by atoms with Gasteiger partial charge in [-0.2, -0.15) is 0 Å². The van der Waals surface area contributed by atoms with E-state index in [9.17, 15) is 19.8 Å². The van der Waals surface area contributed by atoms with Crippen LogP contribution in [0, 0.1) is 25.7 Å². The fourth-order valence-electron chi connectivity index (χ4n) is 6.37. The van der Waals surface area contributed by atoms with Gasteiger partial charge in [0.2, 0.25) is 5.91 Å². The smallest absolute Gasteiger partial charge is 0.252 e. The molecule has 8 heteroatoms. The van der Waals surface area contributed by atoms with E-state index in [-0.39, 0.29) is 29.1 Å². The molecule has 4 N–H and O–H groups in total. The molecule has 2 fully saturated rings. The third-order valence-corrected chi connectivity index (χ3v) is 9.68. The Morgan fingerprint density at radius 1 is 1.05 bits per heavy atom. The molecule has 2 aromatic carbocycles. The Balaban J connectivity index is 1.56. The molecule has 2 aliphatic rings. The average molecular weight is 582 g/mol. The van der Waals surface area contributed by atoms with Gasteiger partial charge in [0.1, 0.15) is 5.75 Å². The third-order valence-electron chi connectivity index (χ3n) is 8.55. The number of hydrogen-bond acceptors (Lipinski definition) is 6. The summed E-state index contributed by atoms with van der Waals surface area (Å²) < 4.78 is 0. The normalized spacial score (nSPS) is 22.8. The van der Waals surface area contributed by atoms with E-state index < -0.39 is 12.1 Å². The number of aliphatic hydroxyl groups excluding tert-OH is 1. The molecule has 1 saturated heterocycles. The van der Waals surface area contributed by atoms with Crippen LogP contribution < -0.4 is 10.6 Å². The van der Waals surface area contributed by atoms with Gasteiger partial charge in [0, 0.05) is 40.4 Å². The molecule has 2 aromatic rings. The first-order chi connectivity index (χ1) is 19.4. The number of carbonyl (C=O) groups is 2. The maximum atomic E-state index is 13.6. The highest BCUT2D eigenvalue weighted by atomic mass is 32.2. The number of aryl methyl sites for hydroxylation is 1. The van der Waals surface area contributed by atoms with Crippen molar-refractivity contribution >= 4 is 23.6 Å².